The van der Waals surface area contributed by atoms with Gasteiger partial charge in [0.05, 0.1) is 19.9 Å². The average Bonchev–Trinajstić information content (AvgIpc) is 2.71. The van der Waals surface area contributed by atoms with Crippen LogP contribution in [0.2, 0.25) is 0 Å². The highest BCUT2D eigenvalue weighted by Gasteiger charge is 2.19. The zero-order valence-electron chi connectivity index (χ0n) is 12.1. The molecule has 19 heavy (non-hydrogen) atoms. The van der Waals surface area contributed by atoms with Gasteiger partial charge in [-0.3, -0.25) is 0 Å². The van der Waals surface area contributed by atoms with Crippen molar-refractivity contribution in [1.29, 1.82) is 0 Å². The Bertz CT molecular complexity index is 409. The summed E-state index contributed by atoms with van der Waals surface area (Å²) < 4.78 is 10.8. The van der Waals surface area contributed by atoms with Gasteiger partial charge in [-0.2, -0.15) is 0 Å². The summed E-state index contributed by atoms with van der Waals surface area (Å²) in [7, 11) is 3.42. The molecule has 4 heteroatoms. The summed E-state index contributed by atoms with van der Waals surface area (Å²) in [5.74, 6) is 1.79. The molecule has 0 aliphatic carbocycles. The van der Waals surface area contributed by atoms with Crippen LogP contribution in [-0.2, 0) is 0 Å². The van der Waals surface area contributed by atoms with Crippen LogP contribution in [-0.4, -0.2) is 39.9 Å². The number of benzene rings is 1. The summed E-state index contributed by atoms with van der Waals surface area (Å²) in [6, 6.07) is 6.53. The number of hydrogen-bond acceptors (Lipinski definition) is 4. The standard InChI is InChI=1S/C15H24N2O2/c1-4-12-11-17(9-5-8-16-12)14-10-13(18-2)6-7-15(14)19-3/h6-7,10,12,16H,4-5,8-9,11H2,1-3H3. The van der Waals surface area contributed by atoms with Crippen molar-refractivity contribution in [3.05, 3.63) is 18.2 Å². The van der Waals surface area contributed by atoms with Gasteiger partial charge in [0, 0.05) is 25.2 Å². The Morgan fingerprint density at radius 1 is 1.32 bits per heavy atom. The molecule has 1 aromatic carbocycles. The SMILES string of the molecule is CCC1CN(c2cc(OC)ccc2OC)CCCN1. The van der Waals surface area contributed by atoms with E-state index in [0.29, 0.717) is 6.04 Å². The van der Waals surface area contributed by atoms with Gasteiger partial charge in [0.15, 0.2) is 0 Å². The van der Waals surface area contributed by atoms with E-state index in [9.17, 15) is 0 Å². The second-order valence-corrected chi connectivity index (χ2v) is 4.90. The predicted octanol–water partition coefficient (Wildman–Crippen LogP) is 2.28. The van der Waals surface area contributed by atoms with Crippen LogP contribution in [0.25, 0.3) is 0 Å². The van der Waals surface area contributed by atoms with E-state index >= 15 is 0 Å². The van der Waals surface area contributed by atoms with Crippen LogP contribution < -0.4 is 19.7 Å². The van der Waals surface area contributed by atoms with Crippen LogP contribution in [0.1, 0.15) is 19.8 Å². The maximum absolute atomic E-state index is 5.49. The minimum atomic E-state index is 0.540. The maximum Gasteiger partial charge on any atom is 0.142 e. The van der Waals surface area contributed by atoms with Gasteiger partial charge in [0.25, 0.3) is 0 Å². The van der Waals surface area contributed by atoms with Crippen molar-refractivity contribution in [3.8, 4) is 11.5 Å². The van der Waals surface area contributed by atoms with E-state index < -0.39 is 0 Å². The quantitative estimate of drug-likeness (QED) is 0.904. The molecule has 1 aromatic rings. The Labute approximate surface area is 115 Å². The lowest BCUT2D eigenvalue weighted by Crippen LogP contribution is -2.37. The molecule has 1 aliphatic heterocycles. The Balaban J connectivity index is 2.27. The summed E-state index contributed by atoms with van der Waals surface area (Å²) in [5, 5.41) is 3.58. The Morgan fingerprint density at radius 3 is 2.84 bits per heavy atom. The van der Waals surface area contributed by atoms with Gasteiger partial charge < -0.3 is 19.7 Å². The number of nitrogens with zero attached hydrogens (tertiary/aromatic N) is 1. The Morgan fingerprint density at radius 2 is 2.16 bits per heavy atom. The third-order valence-corrected chi connectivity index (χ3v) is 3.70. The summed E-state index contributed by atoms with van der Waals surface area (Å²) >= 11 is 0. The first-order chi connectivity index (χ1) is 9.28. The molecule has 1 fully saturated rings. The van der Waals surface area contributed by atoms with Crippen LogP contribution in [0.3, 0.4) is 0 Å². The molecule has 1 atom stereocenters. The van der Waals surface area contributed by atoms with Gasteiger partial charge in [0.1, 0.15) is 11.5 Å². The number of methoxy groups -OCH3 is 2. The molecule has 4 nitrogen and oxygen atoms in total. The van der Waals surface area contributed by atoms with Crippen LogP contribution >= 0.6 is 0 Å². The van der Waals surface area contributed by atoms with Gasteiger partial charge in [-0.05, 0) is 31.5 Å². The zero-order valence-corrected chi connectivity index (χ0v) is 12.1. The molecule has 0 bridgehead atoms. The van der Waals surface area contributed by atoms with E-state index in [2.05, 4.69) is 23.2 Å². The van der Waals surface area contributed by atoms with Crippen molar-refractivity contribution in [2.24, 2.45) is 0 Å². The van der Waals surface area contributed by atoms with Crippen LogP contribution in [0.5, 0.6) is 11.5 Å². The highest BCUT2D eigenvalue weighted by molar-refractivity contribution is 5.61. The highest BCUT2D eigenvalue weighted by Crippen LogP contribution is 2.33. The minimum Gasteiger partial charge on any atom is -0.497 e. The summed E-state index contributed by atoms with van der Waals surface area (Å²) in [6.07, 6.45) is 2.29. The molecular formula is C15H24N2O2. The fraction of sp³-hybridized carbons (Fsp3) is 0.600. The Hall–Kier alpha value is -1.42. The average molecular weight is 264 g/mol. The molecule has 0 spiro atoms. The van der Waals surface area contributed by atoms with E-state index in [4.69, 9.17) is 9.47 Å². The molecule has 1 aliphatic rings. The van der Waals surface area contributed by atoms with Gasteiger partial charge in [0.2, 0.25) is 0 Å². The molecular weight excluding hydrogens is 240 g/mol. The lowest BCUT2D eigenvalue weighted by atomic mass is 10.2. The van der Waals surface area contributed by atoms with Crippen molar-refractivity contribution in [1.82, 2.24) is 5.32 Å². The van der Waals surface area contributed by atoms with Crippen LogP contribution in [0, 0.1) is 0 Å². The van der Waals surface area contributed by atoms with E-state index in [1.54, 1.807) is 14.2 Å². The Kier molecular flexibility index (Phi) is 4.91. The molecule has 0 saturated carbocycles. The summed E-state index contributed by atoms with van der Waals surface area (Å²) in [4.78, 5) is 2.40. The van der Waals surface area contributed by atoms with Crippen LogP contribution in [0.4, 0.5) is 5.69 Å². The van der Waals surface area contributed by atoms with Crippen molar-refractivity contribution in [2.75, 3.05) is 38.8 Å². The molecule has 0 aromatic heterocycles. The first-order valence-electron chi connectivity index (χ1n) is 6.98. The van der Waals surface area contributed by atoms with Crippen molar-refractivity contribution in [3.63, 3.8) is 0 Å². The van der Waals surface area contributed by atoms with Gasteiger partial charge in [-0.15, -0.1) is 0 Å². The lowest BCUT2D eigenvalue weighted by molar-refractivity contribution is 0.402. The first kappa shape index (κ1) is 14.0. The number of anilines is 1. The smallest absolute Gasteiger partial charge is 0.142 e. The molecule has 2 rings (SSSR count). The second kappa shape index (κ2) is 6.66. The number of hydrogen-bond donors (Lipinski definition) is 1. The highest BCUT2D eigenvalue weighted by atomic mass is 16.5. The van der Waals surface area contributed by atoms with Gasteiger partial charge in [-0.1, -0.05) is 6.92 Å². The molecule has 0 radical (unpaired) electrons. The molecule has 106 valence electrons. The van der Waals surface area contributed by atoms with Gasteiger partial charge >= 0.3 is 0 Å². The lowest BCUT2D eigenvalue weighted by Gasteiger charge is -2.27. The first-order valence-corrected chi connectivity index (χ1v) is 6.98. The monoisotopic (exact) mass is 264 g/mol. The molecule has 1 heterocycles. The summed E-state index contributed by atoms with van der Waals surface area (Å²) in [6.45, 7) is 5.37. The largest absolute Gasteiger partial charge is 0.497 e. The second-order valence-electron chi connectivity index (χ2n) is 4.90. The predicted molar refractivity (Wildman–Crippen MR) is 78.5 cm³/mol. The normalized spacial score (nSPS) is 19.9. The third kappa shape index (κ3) is 3.32. The maximum atomic E-state index is 5.49. The van der Waals surface area contributed by atoms with E-state index in [-0.39, 0.29) is 0 Å². The van der Waals surface area contributed by atoms with Crippen LogP contribution in [0.15, 0.2) is 18.2 Å². The fourth-order valence-corrected chi connectivity index (χ4v) is 2.53. The fourth-order valence-electron chi connectivity index (χ4n) is 2.53. The third-order valence-electron chi connectivity index (χ3n) is 3.70. The summed E-state index contributed by atoms with van der Waals surface area (Å²) in [5.41, 5.74) is 1.13. The molecule has 0 amide bonds. The zero-order chi connectivity index (χ0) is 13.7. The van der Waals surface area contributed by atoms with Crippen molar-refractivity contribution >= 4 is 5.69 Å². The minimum absolute atomic E-state index is 0.540. The number of rotatable bonds is 4. The van der Waals surface area contributed by atoms with Crippen molar-refractivity contribution < 1.29 is 9.47 Å². The number of ether oxygens (including phenoxy) is 2. The number of nitrogens with one attached hydrogen (secondary N) is 1. The topological polar surface area (TPSA) is 33.7 Å². The molecule has 1 unspecified atom stereocenters. The van der Waals surface area contributed by atoms with E-state index in [1.165, 1.54) is 0 Å². The molecule has 1 N–H and O–H groups in total. The van der Waals surface area contributed by atoms with E-state index in [1.807, 2.05) is 12.1 Å². The van der Waals surface area contributed by atoms with Gasteiger partial charge in [-0.25, -0.2) is 0 Å². The van der Waals surface area contributed by atoms with E-state index in [0.717, 1.165) is 49.7 Å². The molecule has 1 saturated heterocycles. The van der Waals surface area contributed by atoms with Crippen molar-refractivity contribution in [2.45, 2.75) is 25.8 Å².